The van der Waals surface area contributed by atoms with Gasteiger partial charge in [-0.2, -0.15) is 0 Å². The lowest BCUT2D eigenvalue weighted by Gasteiger charge is -2.67. The van der Waals surface area contributed by atoms with Crippen molar-refractivity contribution in [3.05, 3.63) is 23.7 Å². The van der Waals surface area contributed by atoms with Crippen molar-refractivity contribution in [2.24, 2.45) is 22.7 Å². The Balaban J connectivity index is 1.84. The molecule has 2 saturated carbocycles. The maximum absolute atomic E-state index is 11.8. The maximum Gasteiger partial charge on any atom is 0.107 e. The zero-order chi connectivity index (χ0) is 16.6. The fraction of sp³-hybridized carbons (Fsp3) is 0.800. The molecule has 0 spiro atoms. The molecule has 2 fully saturated rings. The van der Waals surface area contributed by atoms with Crippen LogP contribution in [0.5, 0.6) is 0 Å². The second kappa shape index (κ2) is 4.64. The summed E-state index contributed by atoms with van der Waals surface area (Å²) in [6.45, 7) is 8.80. The molecule has 6 atom stereocenters. The Morgan fingerprint density at radius 3 is 2.65 bits per heavy atom. The minimum atomic E-state index is -0.803. The van der Waals surface area contributed by atoms with Crippen LogP contribution in [0.1, 0.15) is 70.6 Å². The van der Waals surface area contributed by atoms with Crippen molar-refractivity contribution in [1.82, 2.24) is 0 Å². The van der Waals surface area contributed by atoms with Gasteiger partial charge >= 0.3 is 0 Å². The second-order valence-electron chi connectivity index (χ2n) is 9.18. The number of fused-ring (bicyclic) bond motifs is 4. The maximum atomic E-state index is 11.8. The number of hydrogen-bond donors (Lipinski definition) is 2. The van der Waals surface area contributed by atoms with E-state index in [0.717, 1.165) is 37.9 Å². The molecular formula is C20H30O3. The van der Waals surface area contributed by atoms with Gasteiger partial charge in [-0.15, -0.1) is 0 Å². The van der Waals surface area contributed by atoms with Crippen molar-refractivity contribution in [2.45, 2.75) is 77.4 Å². The highest BCUT2D eigenvalue weighted by Gasteiger charge is 2.68. The van der Waals surface area contributed by atoms with Crippen LogP contribution < -0.4 is 0 Å². The van der Waals surface area contributed by atoms with Crippen LogP contribution in [0, 0.1) is 22.7 Å². The van der Waals surface area contributed by atoms with Crippen LogP contribution >= 0.6 is 0 Å². The zero-order valence-corrected chi connectivity index (χ0v) is 14.8. The summed E-state index contributed by atoms with van der Waals surface area (Å²) in [5, 5.41) is 22.8. The molecule has 0 bridgehead atoms. The molecule has 1 aromatic rings. The molecule has 3 nitrogen and oxygen atoms in total. The van der Waals surface area contributed by atoms with Crippen LogP contribution in [-0.4, -0.2) is 21.9 Å². The Morgan fingerprint density at radius 1 is 1.17 bits per heavy atom. The minimum Gasteiger partial charge on any atom is -0.469 e. The molecule has 128 valence electrons. The monoisotopic (exact) mass is 318 g/mol. The molecule has 0 amide bonds. The first-order chi connectivity index (χ1) is 10.7. The third kappa shape index (κ3) is 1.73. The number of aliphatic hydroxyl groups excluding tert-OH is 1. The SMILES string of the molecule is C[C@H]1c2ccoc2C[C@H]2[C@H]1CC[C@@]1(O)C(C)(C)CC[C@H](O)[C@]21C. The van der Waals surface area contributed by atoms with Gasteiger partial charge in [0, 0.05) is 11.8 Å². The average molecular weight is 318 g/mol. The molecule has 0 aromatic carbocycles. The van der Waals surface area contributed by atoms with Gasteiger partial charge in [-0.1, -0.05) is 27.7 Å². The molecule has 0 aliphatic heterocycles. The lowest BCUT2D eigenvalue weighted by Crippen LogP contribution is -2.70. The summed E-state index contributed by atoms with van der Waals surface area (Å²) in [5.74, 6) is 2.32. The van der Waals surface area contributed by atoms with Gasteiger partial charge in [0.15, 0.2) is 0 Å². The van der Waals surface area contributed by atoms with Gasteiger partial charge in [0.25, 0.3) is 0 Å². The molecule has 0 radical (unpaired) electrons. The Labute approximate surface area is 139 Å². The van der Waals surface area contributed by atoms with E-state index >= 15 is 0 Å². The van der Waals surface area contributed by atoms with Crippen LogP contribution in [0.4, 0.5) is 0 Å². The van der Waals surface area contributed by atoms with Gasteiger partial charge in [0.1, 0.15) is 5.76 Å². The van der Waals surface area contributed by atoms with E-state index < -0.39 is 17.1 Å². The fourth-order valence-electron chi connectivity index (χ4n) is 6.51. The highest BCUT2D eigenvalue weighted by Crippen LogP contribution is 2.66. The van der Waals surface area contributed by atoms with Gasteiger partial charge in [0.05, 0.1) is 18.0 Å². The molecule has 1 aromatic heterocycles. The topological polar surface area (TPSA) is 53.6 Å². The van der Waals surface area contributed by atoms with Gasteiger partial charge in [-0.05, 0) is 60.5 Å². The van der Waals surface area contributed by atoms with Crippen molar-refractivity contribution < 1.29 is 14.6 Å². The zero-order valence-electron chi connectivity index (χ0n) is 14.8. The van der Waals surface area contributed by atoms with Crippen molar-refractivity contribution in [1.29, 1.82) is 0 Å². The van der Waals surface area contributed by atoms with E-state index in [1.807, 2.05) is 0 Å². The third-order valence-corrected chi connectivity index (χ3v) is 8.19. The van der Waals surface area contributed by atoms with Crippen molar-refractivity contribution >= 4 is 0 Å². The van der Waals surface area contributed by atoms with E-state index in [2.05, 4.69) is 33.8 Å². The third-order valence-electron chi connectivity index (χ3n) is 8.19. The molecule has 1 heterocycles. The van der Waals surface area contributed by atoms with E-state index in [1.165, 1.54) is 5.56 Å². The normalized spacial score (nSPS) is 48.3. The van der Waals surface area contributed by atoms with Crippen LogP contribution in [-0.2, 0) is 6.42 Å². The van der Waals surface area contributed by atoms with Crippen molar-refractivity contribution in [2.75, 3.05) is 0 Å². The van der Waals surface area contributed by atoms with E-state index in [4.69, 9.17) is 4.42 Å². The minimum absolute atomic E-state index is 0.154. The Hall–Kier alpha value is -0.800. The lowest BCUT2D eigenvalue weighted by molar-refractivity contribution is -0.276. The van der Waals surface area contributed by atoms with Gasteiger partial charge < -0.3 is 14.6 Å². The predicted molar refractivity (Wildman–Crippen MR) is 89.1 cm³/mol. The molecular weight excluding hydrogens is 288 g/mol. The van der Waals surface area contributed by atoms with E-state index in [0.29, 0.717) is 11.8 Å². The van der Waals surface area contributed by atoms with Crippen molar-refractivity contribution in [3.8, 4) is 0 Å². The summed E-state index contributed by atoms with van der Waals surface area (Å²) >= 11 is 0. The van der Waals surface area contributed by atoms with E-state index in [-0.39, 0.29) is 11.3 Å². The first-order valence-electron chi connectivity index (χ1n) is 9.19. The summed E-state index contributed by atoms with van der Waals surface area (Å²) in [6, 6.07) is 2.11. The van der Waals surface area contributed by atoms with Crippen LogP contribution in [0.15, 0.2) is 16.7 Å². The van der Waals surface area contributed by atoms with Crippen LogP contribution in [0.25, 0.3) is 0 Å². The summed E-state index contributed by atoms with van der Waals surface area (Å²) in [4.78, 5) is 0. The Morgan fingerprint density at radius 2 is 1.91 bits per heavy atom. The predicted octanol–water partition coefficient (Wildman–Crippen LogP) is 3.88. The molecule has 0 saturated heterocycles. The summed E-state index contributed by atoms with van der Waals surface area (Å²) in [5.41, 5.74) is -0.0811. The van der Waals surface area contributed by atoms with Crippen LogP contribution in [0.2, 0.25) is 0 Å². The highest BCUT2D eigenvalue weighted by molar-refractivity contribution is 5.30. The van der Waals surface area contributed by atoms with Gasteiger partial charge in [-0.3, -0.25) is 0 Å². The van der Waals surface area contributed by atoms with Crippen LogP contribution in [0.3, 0.4) is 0 Å². The van der Waals surface area contributed by atoms with E-state index in [9.17, 15) is 10.2 Å². The highest BCUT2D eigenvalue weighted by atomic mass is 16.3. The second-order valence-corrected chi connectivity index (χ2v) is 9.18. The largest absolute Gasteiger partial charge is 0.469 e. The molecule has 3 aliphatic carbocycles. The number of aliphatic hydroxyl groups is 2. The average Bonchev–Trinajstić information content (AvgIpc) is 2.97. The van der Waals surface area contributed by atoms with Gasteiger partial charge in [-0.25, -0.2) is 0 Å². The quantitative estimate of drug-likeness (QED) is 0.763. The number of furan rings is 1. The molecule has 0 unspecified atom stereocenters. The summed E-state index contributed by atoms with van der Waals surface area (Å²) in [7, 11) is 0. The number of rotatable bonds is 0. The standard InChI is InChI=1S/C20H30O3/c1-12-13-5-9-20(22)18(2,3)8-6-17(21)19(20,4)15(13)11-16-14(12)7-10-23-16/h7,10,12-13,15,17,21-22H,5-6,8-9,11H2,1-4H3/t12-,13+,15+,17+,19+,20-/m1/s1. The summed E-state index contributed by atoms with van der Waals surface area (Å²) < 4.78 is 5.76. The Bertz CT molecular complexity index is 618. The first-order valence-corrected chi connectivity index (χ1v) is 9.19. The van der Waals surface area contributed by atoms with E-state index in [1.54, 1.807) is 6.26 Å². The molecule has 2 N–H and O–H groups in total. The Kier molecular flexibility index (Phi) is 3.17. The number of hydrogen-bond acceptors (Lipinski definition) is 3. The molecule has 4 rings (SSSR count). The smallest absolute Gasteiger partial charge is 0.107 e. The fourth-order valence-corrected chi connectivity index (χ4v) is 6.51. The summed E-state index contributed by atoms with van der Waals surface area (Å²) in [6.07, 6.45) is 5.73. The first kappa shape index (κ1) is 15.7. The molecule has 3 aliphatic rings. The molecule has 23 heavy (non-hydrogen) atoms. The lowest BCUT2D eigenvalue weighted by atomic mass is 9.40. The molecule has 3 heteroatoms. The van der Waals surface area contributed by atoms with Gasteiger partial charge in [0.2, 0.25) is 0 Å². The van der Waals surface area contributed by atoms with Crippen molar-refractivity contribution in [3.63, 3.8) is 0 Å².